The molecule has 0 spiro atoms. The Hall–Kier alpha value is -2.36. The quantitative estimate of drug-likeness (QED) is 0.915. The summed E-state index contributed by atoms with van der Waals surface area (Å²) in [5, 5.41) is 8.74. The van der Waals surface area contributed by atoms with Crippen molar-refractivity contribution in [2.24, 2.45) is 0 Å². The van der Waals surface area contributed by atoms with E-state index in [4.69, 9.17) is 9.84 Å². The number of pyridine rings is 1. The molecule has 0 bridgehead atoms. The van der Waals surface area contributed by atoms with E-state index in [1.54, 1.807) is 12.4 Å². The van der Waals surface area contributed by atoms with Crippen LogP contribution in [-0.4, -0.2) is 22.7 Å². The van der Waals surface area contributed by atoms with E-state index in [2.05, 4.69) is 4.98 Å². The largest absolute Gasteiger partial charge is 0.481 e. The van der Waals surface area contributed by atoms with Gasteiger partial charge >= 0.3 is 5.97 Å². The number of aliphatic carboxylic acids is 1. The first-order chi connectivity index (χ1) is 9.08. The first kappa shape index (κ1) is 13.1. The summed E-state index contributed by atoms with van der Waals surface area (Å²) in [4.78, 5) is 14.7. The first-order valence-corrected chi connectivity index (χ1v) is 5.94. The summed E-state index contributed by atoms with van der Waals surface area (Å²) in [6.45, 7) is 3.55. The van der Waals surface area contributed by atoms with Crippen molar-refractivity contribution in [2.75, 3.05) is 6.61 Å². The van der Waals surface area contributed by atoms with Crippen LogP contribution in [0.4, 0.5) is 0 Å². The summed E-state index contributed by atoms with van der Waals surface area (Å²) in [6.07, 6.45) is 3.44. The molecule has 0 saturated carbocycles. The predicted molar refractivity (Wildman–Crippen MR) is 72.3 cm³/mol. The van der Waals surface area contributed by atoms with Gasteiger partial charge in [-0.15, -0.1) is 0 Å². The summed E-state index contributed by atoms with van der Waals surface area (Å²) in [6, 6.07) is 7.71. The molecular weight excluding hydrogens is 242 g/mol. The van der Waals surface area contributed by atoms with Gasteiger partial charge in [-0.05, 0) is 37.1 Å². The average Bonchev–Trinajstić information content (AvgIpc) is 2.37. The van der Waals surface area contributed by atoms with E-state index >= 15 is 0 Å². The first-order valence-electron chi connectivity index (χ1n) is 5.94. The van der Waals surface area contributed by atoms with Gasteiger partial charge in [0.05, 0.1) is 0 Å². The Labute approximate surface area is 111 Å². The highest BCUT2D eigenvalue weighted by atomic mass is 16.5. The topological polar surface area (TPSA) is 59.4 Å². The maximum absolute atomic E-state index is 10.7. The summed E-state index contributed by atoms with van der Waals surface area (Å²) < 4.78 is 5.41. The minimum Gasteiger partial charge on any atom is -0.481 e. The third kappa shape index (κ3) is 3.10. The number of hydrogen-bond donors (Lipinski definition) is 1. The number of ether oxygens (including phenoxy) is 1. The molecule has 0 radical (unpaired) electrons. The van der Waals surface area contributed by atoms with Crippen molar-refractivity contribution >= 4 is 5.97 Å². The maximum atomic E-state index is 10.7. The highest BCUT2D eigenvalue weighted by molar-refractivity contribution is 5.74. The van der Waals surface area contributed by atoms with Gasteiger partial charge in [0.2, 0.25) is 0 Å². The molecule has 0 aliphatic heterocycles. The fraction of sp³-hybridized carbons (Fsp3) is 0.200. The lowest BCUT2D eigenvalue weighted by atomic mass is 10.0. The maximum Gasteiger partial charge on any atom is 0.341 e. The van der Waals surface area contributed by atoms with Crippen LogP contribution < -0.4 is 4.74 Å². The van der Waals surface area contributed by atoms with E-state index in [0.29, 0.717) is 5.75 Å². The summed E-state index contributed by atoms with van der Waals surface area (Å²) in [5.74, 6) is -0.391. The van der Waals surface area contributed by atoms with Crippen LogP contribution in [0.15, 0.2) is 36.7 Å². The number of carbonyl (C=O) groups is 1. The van der Waals surface area contributed by atoms with Gasteiger partial charge in [-0.2, -0.15) is 0 Å². The van der Waals surface area contributed by atoms with Gasteiger partial charge in [-0.25, -0.2) is 4.79 Å². The monoisotopic (exact) mass is 257 g/mol. The minimum atomic E-state index is -0.989. The van der Waals surface area contributed by atoms with E-state index in [9.17, 15) is 4.79 Å². The Morgan fingerprint density at radius 2 is 2.16 bits per heavy atom. The van der Waals surface area contributed by atoms with Crippen molar-refractivity contribution in [2.45, 2.75) is 13.8 Å². The Kier molecular flexibility index (Phi) is 3.80. The number of hydrogen-bond acceptors (Lipinski definition) is 3. The second-order valence-corrected chi connectivity index (χ2v) is 4.38. The molecule has 1 heterocycles. The number of aryl methyl sites for hydroxylation is 2. The van der Waals surface area contributed by atoms with E-state index < -0.39 is 5.97 Å². The Morgan fingerprint density at radius 3 is 2.79 bits per heavy atom. The number of benzene rings is 1. The molecule has 1 N–H and O–H groups in total. The zero-order chi connectivity index (χ0) is 13.8. The molecule has 0 unspecified atom stereocenters. The molecule has 0 aliphatic carbocycles. The number of carboxylic acids is 1. The van der Waals surface area contributed by atoms with Gasteiger partial charge in [0, 0.05) is 23.5 Å². The van der Waals surface area contributed by atoms with Crippen molar-refractivity contribution in [1.29, 1.82) is 0 Å². The lowest BCUT2D eigenvalue weighted by Gasteiger charge is -2.14. The van der Waals surface area contributed by atoms with Crippen LogP contribution in [0.3, 0.4) is 0 Å². The Morgan fingerprint density at radius 1 is 1.37 bits per heavy atom. The van der Waals surface area contributed by atoms with E-state index in [-0.39, 0.29) is 6.61 Å². The lowest BCUT2D eigenvalue weighted by Crippen LogP contribution is -2.11. The smallest absolute Gasteiger partial charge is 0.341 e. The van der Waals surface area contributed by atoms with Crippen molar-refractivity contribution in [3.05, 3.63) is 47.8 Å². The zero-order valence-electron chi connectivity index (χ0n) is 10.9. The summed E-state index contributed by atoms with van der Waals surface area (Å²) >= 11 is 0. The molecular formula is C15H15NO3. The molecule has 0 aliphatic rings. The Balaban J connectivity index is 2.48. The van der Waals surface area contributed by atoms with Gasteiger partial charge in [0.1, 0.15) is 5.75 Å². The zero-order valence-corrected chi connectivity index (χ0v) is 10.9. The molecule has 2 aromatic rings. The number of carboxylic acid groups (broad SMARTS) is 1. The van der Waals surface area contributed by atoms with Gasteiger partial charge < -0.3 is 9.84 Å². The molecule has 1 aromatic heterocycles. The molecule has 98 valence electrons. The highest BCUT2D eigenvalue weighted by Gasteiger charge is 2.12. The molecule has 2 rings (SSSR count). The van der Waals surface area contributed by atoms with E-state index in [1.807, 2.05) is 38.1 Å². The number of nitrogens with zero attached hydrogens (tertiary/aromatic N) is 1. The second kappa shape index (κ2) is 5.52. The lowest BCUT2D eigenvalue weighted by molar-refractivity contribution is -0.139. The van der Waals surface area contributed by atoms with Crippen molar-refractivity contribution < 1.29 is 14.6 Å². The summed E-state index contributed by atoms with van der Waals surface area (Å²) in [7, 11) is 0. The number of rotatable bonds is 4. The fourth-order valence-electron chi connectivity index (χ4n) is 2.02. The third-order valence-electron chi connectivity index (χ3n) is 2.73. The van der Waals surface area contributed by atoms with Crippen LogP contribution in [0.2, 0.25) is 0 Å². The van der Waals surface area contributed by atoms with Crippen LogP contribution in [-0.2, 0) is 4.79 Å². The van der Waals surface area contributed by atoms with Gasteiger partial charge in [-0.1, -0.05) is 12.1 Å². The summed E-state index contributed by atoms with van der Waals surface area (Å²) in [5.41, 5.74) is 3.79. The molecule has 0 amide bonds. The van der Waals surface area contributed by atoms with Crippen LogP contribution in [0.1, 0.15) is 11.1 Å². The van der Waals surface area contributed by atoms with Crippen LogP contribution in [0.25, 0.3) is 11.1 Å². The fourth-order valence-corrected chi connectivity index (χ4v) is 2.02. The van der Waals surface area contributed by atoms with E-state index in [1.165, 1.54) is 0 Å². The molecule has 4 nitrogen and oxygen atoms in total. The Bertz CT molecular complexity index is 594. The number of aromatic nitrogens is 1. The highest BCUT2D eigenvalue weighted by Crippen LogP contribution is 2.33. The second-order valence-electron chi connectivity index (χ2n) is 4.38. The molecule has 19 heavy (non-hydrogen) atoms. The standard InChI is InChI=1S/C15H15NO3/c1-10-6-11(2)15(19-9-14(17)18)13(7-10)12-4-3-5-16-8-12/h3-8H,9H2,1-2H3,(H,17,18). The van der Waals surface area contributed by atoms with Crippen LogP contribution in [0.5, 0.6) is 5.75 Å². The third-order valence-corrected chi connectivity index (χ3v) is 2.73. The molecule has 1 aromatic carbocycles. The minimum absolute atomic E-state index is 0.350. The van der Waals surface area contributed by atoms with Crippen molar-refractivity contribution in [3.63, 3.8) is 0 Å². The average molecular weight is 257 g/mol. The predicted octanol–water partition coefficient (Wildman–Crippen LogP) is 2.83. The molecule has 4 heteroatoms. The molecule has 0 saturated heterocycles. The van der Waals surface area contributed by atoms with Crippen LogP contribution >= 0.6 is 0 Å². The van der Waals surface area contributed by atoms with Crippen molar-refractivity contribution in [1.82, 2.24) is 4.98 Å². The van der Waals surface area contributed by atoms with E-state index in [0.717, 1.165) is 22.3 Å². The SMILES string of the molecule is Cc1cc(C)c(OCC(=O)O)c(-c2cccnc2)c1. The van der Waals surface area contributed by atoms with Gasteiger partial charge in [0.15, 0.2) is 6.61 Å². The van der Waals surface area contributed by atoms with Gasteiger partial charge in [0.25, 0.3) is 0 Å². The molecule has 0 fully saturated rings. The molecule has 0 atom stereocenters. The van der Waals surface area contributed by atoms with Crippen molar-refractivity contribution in [3.8, 4) is 16.9 Å². The van der Waals surface area contributed by atoms with Crippen LogP contribution in [0, 0.1) is 13.8 Å². The van der Waals surface area contributed by atoms with Gasteiger partial charge in [-0.3, -0.25) is 4.98 Å². The normalized spacial score (nSPS) is 10.2.